The summed E-state index contributed by atoms with van der Waals surface area (Å²) in [6.45, 7) is 8.11. The summed E-state index contributed by atoms with van der Waals surface area (Å²) < 4.78 is 5.72. The van der Waals surface area contributed by atoms with Gasteiger partial charge < -0.3 is 9.64 Å². The van der Waals surface area contributed by atoms with E-state index in [1.54, 1.807) is 0 Å². The van der Waals surface area contributed by atoms with Crippen molar-refractivity contribution in [3.8, 4) is 0 Å². The third kappa shape index (κ3) is 2.50. The standard InChI is InChI=1S/C13H18ClNO/c1-9-4-5-12(6-13(9)14)15-7-10(2)16-11(3)8-15/h4-6,10-11H,7-8H2,1-3H3. The highest BCUT2D eigenvalue weighted by Gasteiger charge is 2.22. The Kier molecular flexibility index (Phi) is 3.41. The molecule has 2 atom stereocenters. The number of ether oxygens (including phenoxy) is 1. The summed E-state index contributed by atoms with van der Waals surface area (Å²) in [5.74, 6) is 0. The number of morpholine rings is 1. The van der Waals surface area contributed by atoms with E-state index in [2.05, 4.69) is 30.9 Å². The minimum absolute atomic E-state index is 0.281. The van der Waals surface area contributed by atoms with Gasteiger partial charge in [-0.25, -0.2) is 0 Å². The van der Waals surface area contributed by atoms with Crippen LogP contribution in [-0.2, 0) is 4.74 Å². The summed E-state index contributed by atoms with van der Waals surface area (Å²) >= 11 is 6.15. The number of benzene rings is 1. The van der Waals surface area contributed by atoms with Crippen LogP contribution in [0.25, 0.3) is 0 Å². The van der Waals surface area contributed by atoms with E-state index in [9.17, 15) is 0 Å². The van der Waals surface area contributed by atoms with E-state index in [1.165, 1.54) is 5.69 Å². The Morgan fingerprint density at radius 3 is 2.44 bits per heavy atom. The van der Waals surface area contributed by atoms with Crippen LogP contribution in [0.4, 0.5) is 5.69 Å². The van der Waals surface area contributed by atoms with Crippen LogP contribution in [0.5, 0.6) is 0 Å². The Labute approximate surface area is 102 Å². The lowest BCUT2D eigenvalue weighted by Crippen LogP contribution is -2.45. The van der Waals surface area contributed by atoms with Gasteiger partial charge in [-0.2, -0.15) is 0 Å². The largest absolute Gasteiger partial charge is 0.372 e. The van der Waals surface area contributed by atoms with E-state index in [4.69, 9.17) is 16.3 Å². The van der Waals surface area contributed by atoms with Crippen molar-refractivity contribution in [2.45, 2.75) is 33.0 Å². The Balaban J connectivity index is 2.19. The number of anilines is 1. The van der Waals surface area contributed by atoms with Gasteiger partial charge in [0.15, 0.2) is 0 Å². The second-order valence-electron chi connectivity index (χ2n) is 4.60. The van der Waals surface area contributed by atoms with Gasteiger partial charge in [0.1, 0.15) is 0 Å². The first-order valence-corrected chi connectivity index (χ1v) is 6.10. The molecular weight excluding hydrogens is 222 g/mol. The van der Waals surface area contributed by atoms with Crippen LogP contribution in [0.2, 0.25) is 5.02 Å². The lowest BCUT2D eigenvalue weighted by Gasteiger charge is -2.37. The molecule has 2 rings (SSSR count). The predicted molar refractivity (Wildman–Crippen MR) is 68.4 cm³/mol. The Morgan fingerprint density at radius 1 is 1.25 bits per heavy atom. The van der Waals surface area contributed by atoms with E-state index in [1.807, 2.05) is 13.0 Å². The molecular formula is C13H18ClNO. The molecule has 0 bridgehead atoms. The van der Waals surface area contributed by atoms with Crippen LogP contribution in [0.15, 0.2) is 18.2 Å². The third-order valence-corrected chi connectivity index (χ3v) is 3.35. The van der Waals surface area contributed by atoms with Crippen LogP contribution in [-0.4, -0.2) is 25.3 Å². The molecule has 1 aromatic rings. The molecule has 0 amide bonds. The van der Waals surface area contributed by atoms with Crippen molar-refractivity contribution < 1.29 is 4.74 Å². The Morgan fingerprint density at radius 2 is 1.88 bits per heavy atom. The Hall–Kier alpha value is -0.730. The van der Waals surface area contributed by atoms with Gasteiger partial charge in [-0.1, -0.05) is 17.7 Å². The fraction of sp³-hybridized carbons (Fsp3) is 0.538. The summed E-state index contributed by atoms with van der Waals surface area (Å²) in [6.07, 6.45) is 0.563. The predicted octanol–water partition coefficient (Wildman–Crippen LogP) is 3.26. The van der Waals surface area contributed by atoms with Gasteiger partial charge in [0.25, 0.3) is 0 Å². The maximum Gasteiger partial charge on any atom is 0.0726 e. The number of hydrogen-bond donors (Lipinski definition) is 0. The molecule has 0 N–H and O–H groups in total. The summed E-state index contributed by atoms with van der Waals surface area (Å²) in [4.78, 5) is 2.34. The molecule has 2 unspecified atom stereocenters. The molecule has 1 saturated heterocycles. The topological polar surface area (TPSA) is 12.5 Å². The molecule has 0 radical (unpaired) electrons. The van der Waals surface area contributed by atoms with Crippen LogP contribution < -0.4 is 4.90 Å². The van der Waals surface area contributed by atoms with Crippen molar-refractivity contribution in [2.75, 3.05) is 18.0 Å². The van der Waals surface area contributed by atoms with Crippen molar-refractivity contribution in [3.05, 3.63) is 28.8 Å². The normalized spacial score (nSPS) is 25.9. The zero-order chi connectivity index (χ0) is 11.7. The summed E-state index contributed by atoms with van der Waals surface area (Å²) in [5, 5.41) is 0.837. The fourth-order valence-electron chi connectivity index (χ4n) is 2.17. The molecule has 0 aliphatic carbocycles. The van der Waals surface area contributed by atoms with Gasteiger partial charge in [0, 0.05) is 23.8 Å². The minimum atomic E-state index is 0.281. The Bertz CT molecular complexity index is 370. The number of halogens is 1. The van der Waals surface area contributed by atoms with E-state index in [0.717, 1.165) is 23.7 Å². The number of aryl methyl sites for hydroxylation is 1. The summed E-state index contributed by atoms with van der Waals surface area (Å²) in [5.41, 5.74) is 2.32. The van der Waals surface area contributed by atoms with Crippen LogP contribution in [0.1, 0.15) is 19.4 Å². The second kappa shape index (κ2) is 4.64. The molecule has 2 nitrogen and oxygen atoms in total. The van der Waals surface area contributed by atoms with E-state index < -0.39 is 0 Å². The zero-order valence-electron chi connectivity index (χ0n) is 10.0. The maximum atomic E-state index is 6.15. The first-order chi connectivity index (χ1) is 7.56. The molecule has 1 aliphatic heterocycles. The van der Waals surface area contributed by atoms with Gasteiger partial charge in [0.05, 0.1) is 12.2 Å². The minimum Gasteiger partial charge on any atom is -0.372 e. The van der Waals surface area contributed by atoms with Crippen LogP contribution in [0.3, 0.4) is 0 Å². The van der Waals surface area contributed by atoms with E-state index in [0.29, 0.717) is 0 Å². The van der Waals surface area contributed by atoms with Crippen molar-refractivity contribution >= 4 is 17.3 Å². The van der Waals surface area contributed by atoms with Crippen LogP contribution >= 0.6 is 11.6 Å². The van der Waals surface area contributed by atoms with Gasteiger partial charge in [0.2, 0.25) is 0 Å². The fourth-order valence-corrected chi connectivity index (χ4v) is 2.34. The van der Waals surface area contributed by atoms with Gasteiger partial charge in [-0.05, 0) is 38.5 Å². The molecule has 1 heterocycles. The van der Waals surface area contributed by atoms with E-state index in [-0.39, 0.29) is 12.2 Å². The summed E-state index contributed by atoms with van der Waals surface area (Å²) in [7, 11) is 0. The van der Waals surface area contributed by atoms with Crippen LogP contribution in [0, 0.1) is 6.92 Å². The molecule has 0 saturated carbocycles. The first kappa shape index (κ1) is 11.7. The zero-order valence-corrected chi connectivity index (χ0v) is 10.8. The van der Waals surface area contributed by atoms with Crippen molar-refractivity contribution in [3.63, 3.8) is 0 Å². The highest BCUT2D eigenvalue weighted by molar-refractivity contribution is 6.31. The molecule has 1 fully saturated rings. The third-order valence-electron chi connectivity index (χ3n) is 2.94. The quantitative estimate of drug-likeness (QED) is 0.746. The smallest absolute Gasteiger partial charge is 0.0726 e. The highest BCUT2D eigenvalue weighted by Crippen LogP contribution is 2.25. The molecule has 3 heteroatoms. The van der Waals surface area contributed by atoms with Gasteiger partial charge >= 0.3 is 0 Å². The molecule has 1 aromatic carbocycles. The molecule has 0 spiro atoms. The maximum absolute atomic E-state index is 6.15. The second-order valence-corrected chi connectivity index (χ2v) is 5.00. The number of nitrogens with zero attached hydrogens (tertiary/aromatic N) is 1. The van der Waals surface area contributed by atoms with Crippen molar-refractivity contribution in [1.82, 2.24) is 0 Å². The van der Waals surface area contributed by atoms with Gasteiger partial charge in [-0.15, -0.1) is 0 Å². The first-order valence-electron chi connectivity index (χ1n) is 5.73. The van der Waals surface area contributed by atoms with Crippen molar-refractivity contribution in [1.29, 1.82) is 0 Å². The van der Waals surface area contributed by atoms with Gasteiger partial charge in [-0.3, -0.25) is 0 Å². The van der Waals surface area contributed by atoms with Crippen molar-refractivity contribution in [2.24, 2.45) is 0 Å². The molecule has 0 aromatic heterocycles. The molecule has 88 valence electrons. The molecule has 1 aliphatic rings. The monoisotopic (exact) mass is 239 g/mol. The van der Waals surface area contributed by atoms with E-state index >= 15 is 0 Å². The molecule has 16 heavy (non-hydrogen) atoms. The lowest BCUT2D eigenvalue weighted by atomic mass is 10.1. The average molecular weight is 240 g/mol. The number of rotatable bonds is 1. The number of hydrogen-bond acceptors (Lipinski definition) is 2. The average Bonchev–Trinajstić information content (AvgIpc) is 2.20. The lowest BCUT2D eigenvalue weighted by molar-refractivity contribution is -0.00521. The summed E-state index contributed by atoms with van der Waals surface area (Å²) in [6, 6.07) is 6.25. The SMILES string of the molecule is Cc1ccc(N2CC(C)OC(C)C2)cc1Cl. The highest BCUT2D eigenvalue weighted by atomic mass is 35.5.